The van der Waals surface area contributed by atoms with E-state index in [0.717, 1.165) is 18.4 Å². The van der Waals surface area contributed by atoms with Crippen LogP contribution in [0.3, 0.4) is 0 Å². The molecule has 0 atom stereocenters. The molecule has 1 aromatic heterocycles. The Kier molecular flexibility index (Phi) is 7.65. The van der Waals surface area contributed by atoms with Crippen LogP contribution in [0.25, 0.3) is 5.69 Å². The summed E-state index contributed by atoms with van der Waals surface area (Å²) in [6.45, 7) is 5.58. The monoisotopic (exact) mass is 526 g/mol. The highest BCUT2D eigenvalue weighted by molar-refractivity contribution is 7.89. The number of rotatable bonds is 11. The van der Waals surface area contributed by atoms with E-state index in [2.05, 4.69) is 15.1 Å². The standard InChI is InChI=1S/C26H30N4O6S/c1-4-14-27-37(34,35)22-15-19(28-24(31)18-10-11-18)12-13-21(22)36-25-16(3)23(26(32)33)29-30(25)20-9-7-6-8-17(20)5-2/h6-9,12-13,15,18,27H,4-5,10-11,14H2,1-3H3,(H,28,31)(H,32,33). The number of benzene rings is 2. The number of carboxylic acid groups (broad SMARTS) is 1. The van der Waals surface area contributed by atoms with Crippen molar-refractivity contribution in [1.82, 2.24) is 14.5 Å². The number of aromatic carboxylic acids is 1. The minimum Gasteiger partial charge on any atom is -0.476 e. The fraction of sp³-hybridized carbons (Fsp3) is 0.346. The number of ether oxygens (including phenoxy) is 1. The third-order valence-corrected chi connectivity index (χ3v) is 7.55. The predicted octanol–water partition coefficient (Wildman–Crippen LogP) is 4.27. The molecule has 0 spiro atoms. The van der Waals surface area contributed by atoms with Gasteiger partial charge in [-0.05, 0) is 62.4 Å². The molecule has 3 N–H and O–H groups in total. The maximum Gasteiger partial charge on any atom is 0.356 e. The van der Waals surface area contributed by atoms with Gasteiger partial charge in [-0.2, -0.15) is 9.78 Å². The zero-order valence-electron chi connectivity index (χ0n) is 20.9. The zero-order valence-corrected chi connectivity index (χ0v) is 21.8. The molecule has 1 fully saturated rings. The smallest absolute Gasteiger partial charge is 0.356 e. The molecule has 0 aliphatic heterocycles. The lowest BCUT2D eigenvalue weighted by molar-refractivity contribution is -0.117. The zero-order chi connectivity index (χ0) is 26.7. The van der Waals surface area contributed by atoms with E-state index in [1.807, 2.05) is 26.0 Å². The molecule has 1 saturated carbocycles. The average Bonchev–Trinajstić information content (AvgIpc) is 3.68. The molecule has 0 unspecified atom stereocenters. The molecule has 10 nitrogen and oxygen atoms in total. The van der Waals surface area contributed by atoms with Gasteiger partial charge in [-0.1, -0.05) is 32.0 Å². The third kappa shape index (κ3) is 5.67. The van der Waals surface area contributed by atoms with Gasteiger partial charge >= 0.3 is 5.97 Å². The van der Waals surface area contributed by atoms with Crippen molar-refractivity contribution in [1.29, 1.82) is 0 Å². The number of amides is 1. The number of aromatic nitrogens is 2. The van der Waals surface area contributed by atoms with Crippen LogP contribution < -0.4 is 14.8 Å². The molecule has 4 rings (SSSR count). The van der Waals surface area contributed by atoms with Gasteiger partial charge in [0.15, 0.2) is 5.69 Å². The van der Waals surface area contributed by atoms with Crippen LogP contribution in [-0.2, 0) is 21.2 Å². The van der Waals surface area contributed by atoms with Crippen LogP contribution in [-0.4, -0.2) is 41.7 Å². The summed E-state index contributed by atoms with van der Waals surface area (Å²) in [7, 11) is -4.02. The van der Waals surface area contributed by atoms with Gasteiger partial charge in [-0.3, -0.25) is 4.79 Å². The van der Waals surface area contributed by atoms with Crippen LogP contribution in [0, 0.1) is 12.8 Å². The lowest BCUT2D eigenvalue weighted by Gasteiger charge is -2.16. The Balaban J connectivity index is 1.83. The summed E-state index contributed by atoms with van der Waals surface area (Å²) in [6, 6.07) is 11.7. The molecule has 37 heavy (non-hydrogen) atoms. The SMILES string of the molecule is CCCNS(=O)(=O)c1cc(NC(=O)C2CC2)ccc1Oc1c(C)c(C(=O)O)nn1-c1ccccc1CC. The highest BCUT2D eigenvalue weighted by Crippen LogP contribution is 2.36. The van der Waals surface area contributed by atoms with E-state index in [0.29, 0.717) is 24.2 Å². The molecule has 1 aliphatic rings. The number of carboxylic acids is 1. The second-order valence-corrected chi connectivity index (χ2v) is 10.6. The number of hydrogen-bond donors (Lipinski definition) is 3. The number of sulfonamides is 1. The van der Waals surface area contributed by atoms with Gasteiger partial charge in [0.1, 0.15) is 10.6 Å². The predicted molar refractivity (Wildman–Crippen MR) is 138 cm³/mol. The lowest BCUT2D eigenvalue weighted by Crippen LogP contribution is -2.25. The van der Waals surface area contributed by atoms with Crippen LogP contribution in [0.4, 0.5) is 5.69 Å². The number of nitrogens with zero attached hydrogens (tertiary/aromatic N) is 2. The number of para-hydroxylation sites is 1. The van der Waals surface area contributed by atoms with E-state index >= 15 is 0 Å². The summed E-state index contributed by atoms with van der Waals surface area (Å²) in [6.07, 6.45) is 2.86. The van der Waals surface area contributed by atoms with Crippen molar-refractivity contribution in [2.45, 2.75) is 51.3 Å². The van der Waals surface area contributed by atoms with Crippen LogP contribution in [0.2, 0.25) is 0 Å². The van der Waals surface area contributed by atoms with Crippen molar-refractivity contribution < 1.29 is 27.9 Å². The van der Waals surface area contributed by atoms with E-state index in [9.17, 15) is 23.1 Å². The van der Waals surface area contributed by atoms with E-state index in [1.165, 1.54) is 16.8 Å². The number of carbonyl (C=O) groups is 2. The Bertz CT molecular complexity index is 1440. The molecule has 11 heteroatoms. The molecule has 3 aromatic rings. The van der Waals surface area contributed by atoms with E-state index in [4.69, 9.17) is 4.74 Å². The Morgan fingerprint density at radius 3 is 2.54 bits per heavy atom. The third-order valence-electron chi connectivity index (χ3n) is 6.07. The molecule has 196 valence electrons. The summed E-state index contributed by atoms with van der Waals surface area (Å²) in [5, 5.41) is 16.8. The fourth-order valence-electron chi connectivity index (χ4n) is 3.87. The lowest BCUT2D eigenvalue weighted by atomic mass is 10.1. The quantitative estimate of drug-likeness (QED) is 0.339. The Morgan fingerprint density at radius 1 is 1.16 bits per heavy atom. The average molecular weight is 527 g/mol. The summed E-state index contributed by atoms with van der Waals surface area (Å²) in [5.74, 6) is -1.39. The molecular weight excluding hydrogens is 496 g/mol. The Hall–Kier alpha value is -3.70. The number of hydrogen-bond acceptors (Lipinski definition) is 6. The van der Waals surface area contributed by atoms with Crippen molar-refractivity contribution in [3.63, 3.8) is 0 Å². The summed E-state index contributed by atoms with van der Waals surface area (Å²) < 4.78 is 36.5. The first kappa shape index (κ1) is 26.4. The van der Waals surface area contributed by atoms with Crippen molar-refractivity contribution in [3.05, 3.63) is 59.3 Å². The highest BCUT2D eigenvalue weighted by Gasteiger charge is 2.31. The fourth-order valence-corrected chi connectivity index (χ4v) is 5.16. The second kappa shape index (κ2) is 10.7. The largest absolute Gasteiger partial charge is 0.476 e. The van der Waals surface area contributed by atoms with Gasteiger partial charge in [-0.25, -0.2) is 17.9 Å². The van der Waals surface area contributed by atoms with Gasteiger partial charge in [0, 0.05) is 23.7 Å². The molecule has 2 aromatic carbocycles. The summed E-state index contributed by atoms with van der Waals surface area (Å²) in [5.41, 5.74) is 1.89. The molecular formula is C26H30N4O6S. The number of carbonyl (C=O) groups excluding carboxylic acids is 1. The summed E-state index contributed by atoms with van der Waals surface area (Å²) >= 11 is 0. The van der Waals surface area contributed by atoms with E-state index in [-0.39, 0.29) is 46.2 Å². The van der Waals surface area contributed by atoms with Crippen molar-refractivity contribution in [3.8, 4) is 17.3 Å². The first-order valence-corrected chi connectivity index (χ1v) is 13.7. The molecule has 0 bridgehead atoms. The Labute approximate surface area is 215 Å². The highest BCUT2D eigenvalue weighted by atomic mass is 32.2. The second-order valence-electron chi connectivity index (χ2n) is 8.90. The Morgan fingerprint density at radius 2 is 1.89 bits per heavy atom. The van der Waals surface area contributed by atoms with Crippen molar-refractivity contribution in [2.75, 3.05) is 11.9 Å². The van der Waals surface area contributed by atoms with E-state index in [1.54, 1.807) is 25.1 Å². The number of anilines is 1. The van der Waals surface area contributed by atoms with Gasteiger partial charge in [-0.15, -0.1) is 0 Å². The van der Waals surface area contributed by atoms with Crippen molar-refractivity contribution >= 4 is 27.6 Å². The van der Waals surface area contributed by atoms with Crippen molar-refractivity contribution in [2.24, 2.45) is 5.92 Å². The molecule has 1 amide bonds. The van der Waals surface area contributed by atoms with Gasteiger partial charge in [0.25, 0.3) is 0 Å². The first-order valence-electron chi connectivity index (χ1n) is 12.2. The van der Waals surface area contributed by atoms with Gasteiger partial charge in [0.05, 0.1) is 5.69 Å². The first-order chi connectivity index (χ1) is 17.7. The number of nitrogens with one attached hydrogen (secondary N) is 2. The van der Waals surface area contributed by atoms with Crippen LogP contribution in [0.15, 0.2) is 47.4 Å². The maximum atomic E-state index is 13.2. The summed E-state index contributed by atoms with van der Waals surface area (Å²) in [4.78, 5) is 24.0. The van der Waals surface area contributed by atoms with Crippen LogP contribution in [0.1, 0.15) is 54.7 Å². The van der Waals surface area contributed by atoms with Crippen LogP contribution >= 0.6 is 0 Å². The topological polar surface area (TPSA) is 140 Å². The number of aryl methyl sites for hydroxylation is 1. The minimum atomic E-state index is -4.02. The molecule has 0 saturated heterocycles. The van der Waals surface area contributed by atoms with Gasteiger partial charge < -0.3 is 15.2 Å². The maximum absolute atomic E-state index is 13.2. The minimum absolute atomic E-state index is 0.0248. The molecule has 0 radical (unpaired) electrons. The molecule has 1 heterocycles. The van der Waals surface area contributed by atoms with Crippen LogP contribution in [0.5, 0.6) is 11.6 Å². The normalized spacial score (nSPS) is 13.4. The van der Waals surface area contributed by atoms with E-state index < -0.39 is 16.0 Å². The van der Waals surface area contributed by atoms with Gasteiger partial charge in [0.2, 0.25) is 21.8 Å². The molecule has 1 aliphatic carbocycles.